The van der Waals surface area contributed by atoms with Crippen molar-refractivity contribution in [2.45, 2.75) is 0 Å². The number of nitrogens with zero attached hydrogens (tertiary/aromatic N) is 2. The van der Waals surface area contributed by atoms with E-state index in [9.17, 15) is 4.79 Å². The predicted octanol–water partition coefficient (Wildman–Crippen LogP) is 4.14. The Kier molecular flexibility index (Phi) is 5.78. The number of anilines is 1. The smallest absolute Gasteiger partial charge is 0.276 e. The van der Waals surface area contributed by atoms with Crippen LogP contribution in [0.25, 0.3) is 11.3 Å². The summed E-state index contributed by atoms with van der Waals surface area (Å²) in [6, 6.07) is 8.42. The van der Waals surface area contributed by atoms with Gasteiger partial charge in [-0.3, -0.25) is 10.1 Å². The van der Waals surface area contributed by atoms with Crippen molar-refractivity contribution in [3.05, 3.63) is 46.6 Å². The molecular formula is C18H16ClN3O4S. The number of halogens is 1. The van der Waals surface area contributed by atoms with Gasteiger partial charge in [0.05, 0.1) is 27.0 Å². The van der Waals surface area contributed by atoms with Crippen LogP contribution in [0.15, 0.2) is 35.7 Å². The topological polar surface area (TPSA) is 82.6 Å². The Labute approximate surface area is 164 Å². The van der Waals surface area contributed by atoms with E-state index in [-0.39, 0.29) is 16.8 Å². The van der Waals surface area contributed by atoms with Crippen molar-refractivity contribution in [2.75, 3.05) is 26.6 Å². The first-order valence-corrected chi connectivity index (χ1v) is 9.01. The highest BCUT2D eigenvalue weighted by Crippen LogP contribution is 2.41. The Morgan fingerprint density at radius 3 is 2.37 bits per heavy atom. The third-order valence-corrected chi connectivity index (χ3v) is 4.60. The Bertz CT molecular complexity index is 952. The molecule has 1 N–H and O–H groups in total. The molecule has 7 nitrogen and oxygen atoms in total. The van der Waals surface area contributed by atoms with E-state index in [1.165, 1.54) is 11.3 Å². The van der Waals surface area contributed by atoms with Crippen LogP contribution in [-0.4, -0.2) is 37.2 Å². The van der Waals surface area contributed by atoms with Gasteiger partial charge in [0.2, 0.25) is 5.75 Å². The Morgan fingerprint density at radius 1 is 1.07 bits per heavy atom. The lowest BCUT2D eigenvalue weighted by Gasteiger charge is -2.13. The van der Waals surface area contributed by atoms with Gasteiger partial charge in [0.15, 0.2) is 16.6 Å². The number of hydrogen-bond donors (Lipinski definition) is 1. The van der Waals surface area contributed by atoms with Crippen LogP contribution in [-0.2, 0) is 0 Å². The molecule has 27 heavy (non-hydrogen) atoms. The van der Waals surface area contributed by atoms with E-state index >= 15 is 0 Å². The largest absolute Gasteiger partial charge is 0.493 e. The number of pyridine rings is 1. The molecule has 1 aromatic carbocycles. The number of nitrogens with one attached hydrogen (secondary N) is 1. The lowest BCUT2D eigenvalue weighted by Crippen LogP contribution is -2.13. The van der Waals surface area contributed by atoms with Crippen LogP contribution in [0.3, 0.4) is 0 Å². The van der Waals surface area contributed by atoms with Gasteiger partial charge in [0.25, 0.3) is 5.91 Å². The van der Waals surface area contributed by atoms with E-state index in [2.05, 4.69) is 15.3 Å². The van der Waals surface area contributed by atoms with E-state index < -0.39 is 0 Å². The second kappa shape index (κ2) is 8.24. The van der Waals surface area contributed by atoms with E-state index in [4.69, 9.17) is 25.8 Å². The number of hydrogen-bond acceptors (Lipinski definition) is 7. The number of aromatic nitrogens is 2. The summed E-state index contributed by atoms with van der Waals surface area (Å²) in [6.45, 7) is 0. The highest BCUT2D eigenvalue weighted by atomic mass is 35.5. The van der Waals surface area contributed by atoms with Crippen LogP contribution in [0.2, 0.25) is 5.15 Å². The van der Waals surface area contributed by atoms with Crippen LogP contribution in [0.4, 0.5) is 5.13 Å². The average Bonchev–Trinajstić information content (AvgIpc) is 3.15. The van der Waals surface area contributed by atoms with E-state index in [1.54, 1.807) is 51.7 Å². The van der Waals surface area contributed by atoms with Crippen molar-refractivity contribution < 1.29 is 19.0 Å². The molecular weight excluding hydrogens is 390 g/mol. The van der Waals surface area contributed by atoms with E-state index in [0.29, 0.717) is 28.1 Å². The summed E-state index contributed by atoms with van der Waals surface area (Å²) < 4.78 is 16.0. The van der Waals surface area contributed by atoms with Gasteiger partial charge in [-0.25, -0.2) is 9.97 Å². The summed E-state index contributed by atoms with van der Waals surface area (Å²) in [6.07, 6.45) is 0. The number of ether oxygens (including phenoxy) is 3. The van der Waals surface area contributed by atoms with Crippen LogP contribution < -0.4 is 19.5 Å². The van der Waals surface area contributed by atoms with Crippen molar-refractivity contribution in [1.29, 1.82) is 0 Å². The van der Waals surface area contributed by atoms with E-state index in [1.807, 2.05) is 5.38 Å². The molecule has 1 amide bonds. The molecule has 3 aromatic rings. The summed E-state index contributed by atoms with van der Waals surface area (Å²) in [4.78, 5) is 20.7. The predicted molar refractivity (Wildman–Crippen MR) is 104 cm³/mol. The second-order valence-electron chi connectivity index (χ2n) is 5.25. The van der Waals surface area contributed by atoms with Gasteiger partial charge < -0.3 is 14.2 Å². The molecule has 0 spiro atoms. The molecule has 0 aliphatic heterocycles. The average molecular weight is 406 g/mol. The summed E-state index contributed by atoms with van der Waals surface area (Å²) in [7, 11) is 4.64. The van der Waals surface area contributed by atoms with Gasteiger partial charge in [-0.2, -0.15) is 0 Å². The fourth-order valence-electron chi connectivity index (χ4n) is 2.39. The van der Waals surface area contributed by atoms with Crippen LogP contribution in [0, 0.1) is 0 Å². The molecule has 0 aliphatic rings. The minimum absolute atomic E-state index is 0.215. The van der Waals surface area contributed by atoms with Crippen molar-refractivity contribution in [3.8, 4) is 28.5 Å². The van der Waals surface area contributed by atoms with Crippen LogP contribution >= 0.6 is 22.9 Å². The molecule has 2 heterocycles. The number of rotatable bonds is 6. The molecule has 0 saturated heterocycles. The van der Waals surface area contributed by atoms with Crippen molar-refractivity contribution in [1.82, 2.24) is 9.97 Å². The van der Waals surface area contributed by atoms with E-state index in [0.717, 1.165) is 5.56 Å². The zero-order chi connectivity index (χ0) is 19.4. The van der Waals surface area contributed by atoms with Gasteiger partial charge in [-0.05, 0) is 24.3 Å². The third kappa shape index (κ3) is 4.12. The Balaban J connectivity index is 1.86. The minimum atomic E-state index is -0.386. The molecule has 0 saturated carbocycles. The molecule has 0 aliphatic carbocycles. The maximum Gasteiger partial charge on any atom is 0.276 e. The quantitative estimate of drug-likeness (QED) is 0.621. The van der Waals surface area contributed by atoms with Crippen LogP contribution in [0.1, 0.15) is 10.5 Å². The first-order chi connectivity index (χ1) is 13.0. The molecule has 140 valence electrons. The summed E-state index contributed by atoms with van der Waals surface area (Å²) in [5, 5.41) is 5.22. The molecule has 0 fully saturated rings. The zero-order valence-corrected chi connectivity index (χ0v) is 16.4. The van der Waals surface area contributed by atoms with Crippen molar-refractivity contribution in [2.24, 2.45) is 0 Å². The number of carbonyl (C=O) groups is 1. The number of thiazole rings is 1. The molecule has 0 radical (unpaired) electrons. The Morgan fingerprint density at radius 2 is 1.78 bits per heavy atom. The number of carbonyl (C=O) groups excluding carboxylic acids is 1. The number of benzene rings is 1. The second-order valence-corrected chi connectivity index (χ2v) is 6.50. The highest BCUT2D eigenvalue weighted by molar-refractivity contribution is 7.14. The SMILES string of the molecule is COc1cc(-c2csc(NC(=O)c3cccc(Cl)n3)n2)cc(OC)c1OC. The summed E-state index contributed by atoms with van der Waals surface area (Å²) in [5.74, 6) is 1.16. The van der Waals surface area contributed by atoms with Gasteiger partial charge in [0, 0.05) is 10.9 Å². The maximum absolute atomic E-state index is 12.3. The Hall–Kier alpha value is -2.84. The van der Waals surface area contributed by atoms with Gasteiger partial charge in [0.1, 0.15) is 10.8 Å². The minimum Gasteiger partial charge on any atom is -0.493 e. The van der Waals surface area contributed by atoms with Gasteiger partial charge in [-0.15, -0.1) is 11.3 Å². The fourth-order valence-corrected chi connectivity index (χ4v) is 3.27. The molecule has 0 bridgehead atoms. The summed E-state index contributed by atoms with van der Waals surface area (Å²) in [5.41, 5.74) is 1.64. The first-order valence-electron chi connectivity index (χ1n) is 7.75. The van der Waals surface area contributed by atoms with Crippen LogP contribution in [0.5, 0.6) is 17.2 Å². The van der Waals surface area contributed by atoms with Gasteiger partial charge in [-0.1, -0.05) is 17.7 Å². The standard InChI is InChI=1S/C18H16ClN3O4S/c1-24-13-7-10(8-14(25-2)16(13)26-3)12-9-27-18(21-12)22-17(23)11-5-4-6-15(19)20-11/h4-9H,1-3H3,(H,21,22,23). The zero-order valence-electron chi connectivity index (χ0n) is 14.8. The number of amides is 1. The first kappa shape index (κ1) is 18.9. The van der Waals surface area contributed by atoms with Crippen molar-refractivity contribution >= 4 is 34.0 Å². The molecule has 0 unspecified atom stereocenters. The maximum atomic E-state index is 12.3. The fraction of sp³-hybridized carbons (Fsp3) is 0.167. The molecule has 2 aromatic heterocycles. The lowest BCUT2D eigenvalue weighted by molar-refractivity contribution is 0.102. The molecule has 3 rings (SSSR count). The lowest BCUT2D eigenvalue weighted by atomic mass is 10.1. The third-order valence-electron chi connectivity index (χ3n) is 3.63. The number of methoxy groups -OCH3 is 3. The normalized spacial score (nSPS) is 10.4. The molecule has 0 atom stereocenters. The van der Waals surface area contributed by atoms with Crippen molar-refractivity contribution in [3.63, 3.8) is 0 Å². The van der Waals surface area contributed by atoms with Gasteiger partial charge >= 0.3 is 0 Å². The molecule has 9 heteroatoms. The summed E-state index contributed by atoms with van der Waals surface area (Å²) >= 11 is 7.11. The monoisotopic (exact) mass is 405 g/mol. The highest BCUT2D eigenvalue weighted by Gasteiger charge is 2.16.